The number of aryl methyl sites for hydroxylation is 2. The first-order valence-corrected chi connectivity index (χ1v) is 14.5. The zero-order chi connectivity index (χ0) is 41.5. The lowest BCUT2D eigenvalue weighted by molar-refractivity contribution is -0.130. The van der Waals surface area contributed by atoms with Crippen LogP contribution in [0.5, 0.6) is 5.75 Å². The molecule has 0 fully saturated rings. The van der Waals surface area contributed by atoms with E-state index in [0.29, 0.717) is 22.3 Å². The molecular formula is C32H45N9O6. The van der Waals surface area contributed by atoms with Gasteiger partial charge >= 0.3 is 6.09 Å². The number of aliphatic imine (C=N–C) groups is 1. The third kappa shape index (κ3) is 11.9. The lowest BCUT2D eigenvalue weighted by atomic mass is 9.95. The van der Waals surface area contributed by atoms with E-state index in [4.69, 9.17) is 32.7 Å². The number of hydrogen-bond donors (Lipinski definition) is 8. The van der Waals surface area contributed by atoms with Gasteiger partial charge in [-0.3, -0.25) is 14.6 Å². The van der Waals surface area contributed by atoms with Gasteiger partial charge in [0.25, 0.3) is 0 Å². The van der Waals surface area contributed by atoms with Crippen molar-refractivity contribution in [1.82, 2.24) is 26.1 Å². The summed E-state index contributed by atoms with van der Waals surface area (Å²) in [5.41, 5.74) is 18.1. The van der Waals surface area contributed by atoms with Gasteiger partial charge in [0.1, 0.15) is 23.9 Å². The number of hydrogen-bond acceptors (Lipinski definition) is 9. The average Bonchev–Trinajstić information content (AvgIpc) is 3.52. The number of amides is 3. The number of carbonyl (C=O) groups excluding carboxylic acids is 2. The van der Waals surface area contributed by atoms with Gasteiger partial charge in [-0.1, -0.05) is 35.5 Å². The molecule has 3 atom stereocenters. The monoisotopic (exact) mass is 659 g/mol. The van der Waals surface area contributed by atoms with Crippen molar-refractivity contribution in [1.29, 1.82) is 0 Å². The molecular weight excluding hydrogens is 606 g/mol. The summed E-state index contributed by atoms with van der Waals surface area (Å²) in [5.74, 6) is -3.27. The molecule has 1 aromatic heterocycles. The number of phenols is 1. The van der Waals surface area contributed by atoms with Crippen molar-refractivity contribution in [2.45, 2.75) is 76.8 Å². The van der Waals surface area contributed by atoms with Crippen molar-refractivity contribution < 1.29 is 40.1 Å². The van der Waals surface area contributed by atoms with Crippen LogP contribution in [-0.4, -0.2) is 69.3 Å². The van der Waals surface area contributed by atoms with Crippen LogP contribution in [0.3, 0.4) is 0 Å². The maximum Gasteiger partial charge on any atom is 0.405 e. The van der Waals surface area contributed by atoms with Crippen molar-refractivity contribution in [3.05, 3.63) is 76.4 Å². The SMILES string of the molecule is [2H]C([2H])(N)C([2H])([2H])C([2H])([2H])C([2H])([2H])C(NC(=O)C(Cc1c(C)cc(O)cc1C)NC(=O)C(CCCN=C(N)N)NC(=O)O)c1nc(Cc2ccccc2)no1. The Bertz CT molecular complexity index is 1830. The Morgan fingerprint density at radius 2 is 1.70 bits per heavy atom. The smallest absolute Gasteiger partial charge is 0.405 e. The third-order valence-corrected chi connectivity index (χ3v) is 6.86. The normalized spacial score (nSPS) is 16.6. The Kier molecular flexibility index (Phi) is 9.99. The van der Waals surface area contributed by atoms with Crippen molar-refractivity contribution in [3.8, 4) is 5.75 Å². The number of guanidine groups is 1. The van der Waals surface area contributed by atoms with Gasteiger partial charge in [-0.2, -0.15) is 4.98 Å². The van der Waals surface area contributed by atoms with Crippen LogP contribution < -0.4 is 33.2 Å². The second-order valence-electron chi connectivity index (χ2n) is 10.5. The van der Waals surface area contributed by atoms with Gasteiger partial charge < -0.3 is 47.9 Å². The molecule has 0 spiro atoms. The minimum absolute atomic E-state index is 0.0301. The molecule has 3 amide bonds. The summed E-state index contributed by atoms with van der Waals surface area (Å²) in [5, 5.41) is 30.2. The minimum atomic E-state index is -3.82. The zero-order valence-corrected chi connectivity index (χ0v) is 25.9. The number of rotatable bonds is 18. The molecule has 2 aromatic carbocycles. The van der Waals surface area contributed by atoms with E-state index in [-0.39, 0.29) is 49.8 Å². The summed E-state index contributed by atoms with van der Waals surface area (Å²) >= 11 is 0. The van der Waals surface area contributed by atoms with E-state index >= 15 is 0 Å². The van der Waals surface area contributed by atoms with Crippen LogP contribution in [0.25, 0.3) is 0 Å². The number of nitrogens with two attached hydrogens (primary N) is 3. The Morgan fingerprint density at radius 3 is 2.34 bits per heavy atom. The van der Waals surface area contributed by atoms with Crippen molar-refractivity contribution in [3.63, 3.8) is 0 Å². The van der Waals surface area contributed by atoms with Crippen LogP contribution in [-0.2, 0) is 22.4 Å². The maximum atomic E-state index is 14.3. The van der Waals surface area contributed by atoms with Gasteiger partial charge in [0.15, 0.2) is 11.8 Å². The molecule has 15 heteroatoms. The van der Waals surface area contributed by atoms with E-state index in [0.717, 1.165) is 0 Å². The quantitative estimate of drug-likeness (QED) is 0.0553. The predicted molar refractivity (Wildman–Crippen MR) is 175 cm³/mol. The fraction of sp³-hybridized carbons (Fsp3) is 0.438. The second kappa shape index (κ2) is 18.1. The summed E-state index contributed by atoms with van der Waals surface area (Å²) in [7, 11) is 0. The van der Waals surface area contributed by atoms with E-state index in [1.165, 1.54) is 12.1 Å². The summed E-state index contributed by atoms with van der Waals surface area (Å²) < 4.78 is 72.3. The Labute approximate surface area is 284 Å². The predicted octanol–water partition coefficient (Wildman–Crippen LogP) is 1.69. The fourth-order valence-corrected chi connectivity index (χ4v) is 4.68. The molecule has 0 saturated heterocycles. The summed E-state index contributed by atoms with van der Waals surface area (Å²) in [6.07, 6.45) is -13.0. The topological polar surface area (TPSA) is 257 Å². The molecule has 1 heterocycles. The summed E-state index contributed by atoms with van der Waals surface area (Å²) in [6, 6.07) is 6.04. The van der Waals surface area contributed by atoms with E-state index < -0.39 is 67.5 Å². The van der Waals surface area contributed by atoms with E-state index in [1.54, 1.807) is 44.2 Å². The molecule has 3 aromatic rings. The number of phenolic OH excluding ortho intramolecular Hbond substituents is 1. The highest BCUT2D eigenvalue weighted by Crippen LogP contribution is 2.24. The number of benzene rings is 2. The highest BCUT2D eigenvalue weighted by atomic mass is 16.5. The van der Waals surface area contributed by atoms with Crippen molar-refractivity contribution >= 4 is 23.9 Å². The third-order valence-electron chi connectivity index (χ3n) is 6.86. The molecule has 0 aliphatic rings. The molecule has 15 nitrogen and oxygen atoms in total. The van der Waals surface area contributed by atoms with E-state index in [1.807, 2.05) is 0 Å². The molecule has 254 valence electrons. The Balaban J connectivity index is 2.13. The van der Waals surface area contributed by atoms with Crippen LogP contribution in [0, 0.1) is 13.8 Å². The number of carbonyl (C=O) groups is 3. The first-order valence-electron chi connectivity index (χ1n) is 18.5. The fourth-order valence-electron chi connectivity index (χ4n) is 4.68. The lowest BCUT2D eigenvalue weighted by Crippen LogP contribution is -2.54. The minimum Gasteiger partial charge on any atom is -0.508 e. The van der Waals surface area contributed by atoms with Gasteiger partial charge in [-0.05, 0) is 86.7 Å². The number of aromatic nitrogens is 2. The molecule has 0 saturated carbocycles. The van der Waals surface area contributed by atoms with Crippen molar-refractivity contribution in [2.24, 2.45) is 22.2 Å². The number of carboxylic acid groups (broad SMARTS) is 1. The van der Waals surface area contributed by atoms with Crippen LogP contribution in [0.4, 0.5) is 4.79 Å². The Morgan fingerprint density at radius 1 is 1.02 bits per heavy atom. The van der Waals surface area contributed by atoms with Crippen molar-refractivity contribution in [2.75, 3.05) is 13.0 Å². The molecule has 3 rings (SSSR count). The molecule has 0 bridgehead atoms. The first-order chi connectivity index (χ1) is 25.4. The average molecular weight is 660 g/mol. The second-order valence-corrected chi connectivity index (χ2v) is 10.5. The van der Waals surface area contributed by atoms with E-state index in [2.05, 4.69) is 31.1 Å². The molecule has 47 heavy (non-hydrogen) atoms. The van der Waals surface area contributed by atoms with Gasteiger partial charge in [-0.25, -0.2) is 4.79 Å². The standard InChI is InChI=1S/C32H45N9O6/c1-19-15-22(42)16-20(2)23(19)18-26(38-28(43)24(39-32(45)46)12-8-14-36-31(34)35)29(44)37-25(11-6-7-13-33)30-40-27(41-47-30)17-21-9-4-3-5-10-21/h3-5,9-10,15-16,24-26,39,42H,6-8,11-14,17-18,33H2,1-2H3,(H,37,44)(H,38,43)(H,45,46)(H4,34,35,36)/i6D2,7D2,11D2,13D2. The summed E-state index contributed by atoms with van der Waals surface area (Å²) in [4.78, 5) is 47.6. The molecule has 0 aliphatic heterocycles. The molecule has 0 radical (unpaired) electrons. The van der Waals surface area contributed by atoms with Gasteiger partial charge in [0.2, 0.25) is 17.7 Å². The molecule has 11 N–H and O–H groups in total. The highest BCUT2D eigenvalue weighted by Gasteiger charge is 2.30. The maximum absolute atomic E-state index is 14.3. The number of nitrogens with zero attached hydrogens (tertiary/aromatic N) is 3. The van der Waals surface area contributed by atoms with E-state index in [9.17, 15) is 24.6 Å². The zero-order valence-electron chi connectivity index (χ0n) is 33.9. The van der Waals surface area contributed by atoms with Crippen LogP contribution >= 0.6 is 0 Å². The molecule has 3 unspecified atom stereocenters. The first kappa shape index (κ1) is 25.9. The van der Waals surface area contributed by atoms with Gasteiger partial charge in [0, 0.05) is 30.4 Å². The van der Waals surface area contributed by atoms with Crippen LogP contribution in [0.15, 0.2) is 52.0 Å². The van der Waals surface area contributed by atoms with Gasteiger partial charge in [-0.15, -0.1) is 0 Å². The van der Waals surface area contributed by atoms with Crippen LogP contribution in [0.1, 0.15) is 82.9 Å². The largest absolute Gasteiger partial charge is 0.508 e. The lowest BCUT2D eigenvalue weighted by Gasteiger charge is -2.25. The number of nitrogens with one attached hydrogen (secondary N) is 3. The number of aromatic hydroxyl groups is 1. The highest BCUT2D eigenvalue weighted by molar-refractivity contribution is 5.91. The van der Waals surface area contributed by atoms with Gasteiger partial charge in [0.05, 0.1) is 0 Å². The molecule has 0 aliphatic carbocycles. The van der Waals surface area contributed by atoms with Crippen LogP contribution in [0.2, 0.25) is 0 Å². The Hall–Kier alpha value is -5.18. The summed E-state index contributed by atoms with van der Waals surface area (Å²) in [6.45, 7) is -0.179.